The molecule has 3 N–H and O–H groups in total. The van der Waals surface area contributed by atoms with Gasteiger partial charge in [-0.3, -0.25) is 9.79 Å². The van der Waals surface area contributed by atoms with E-state index in [0.29, 0.717) is 16.0 Å². The molecule has 2 aromatic rings. The summed E-state index contributed by atoms with van der Waals surface area (Å²) in [7, 11) is 1.64. The second kappa shape index (κ2) is 11.3. The van der Waals surface area contributed by atoms with Gasteiger partial charge in [0.15, 0.2) is 5.96 Å². The van der Waals surface area contributed by atoms with E-state index in [1.165, 1.54) is 0 Å². The lowest BCUT2D eigenvalue weighted by molar-refractivity contribution is -0.115. The van der Waals surface area contributed by atoms with Gasteiger partial charge < -0.3 is 16.0 Å². The van der Waals surface area contributed by atoms with Gasteiger partial charge in [0.05, 0.1) is 12.6 Å². The molecular formula is C18H21Cl2IN4O. The summed E-state index contributed by atoms with van der Waals surface area (Å²) in [6, 6.07) is 14.5. The van der Waals surface area contributed by atoms with Crippen molar-refractivity contribution in [2.24, 2.45) is 4.99 Å². The topological polar surface area (TPSA) is 65.5 Å². The Balaban J connectivity index is 0.00000338. The average molecular weight is 507 g/mol. The molecule has 0 bridgehead atoms. The van der Waals surface area contributed by atoms with Crippen LogP contribution in [0, 0.1) is 0 Å². The molecule has 5 nitrogen and oxygen atoms in total. The Morgan fingerprint density at radius 1 is 1.15 bits per heavy atom. The van der Waals surface area contributed by atoms with E-state index in [2.05, 4.69) is 20.9 Å². The number of nitrogens with zero attached hydrogens (tertiary/aromatic N) is 1. The maximum Gasteiger partial charge on any atom is 0.243 e. The van der Waals surface area contributed by atoms with Crippen molar-refractivity contribution in [3.63, 3.8) is 0 Å². The second-order valence-electron chi connectivity index (χ2n) is 5.37. The summed E-state index contributed by atoms with van der Waals surface area (Å²) in [5, 5.41) is 10.1. The number of aliphatic imine (C=N–C) groups is 1. The van der Waals surface area contributed by atoms with Crippen molar-refractivity contribution in [2.45, 2.75) is 13.0 Å². The highest BCUT2D eigenvalue weighted by atomic mass is 127. The monoisotopic (exact) mass is 506 g/mol. The molecule has 26 heavy (non-hydrogen) atoms. The predicted molar refractivity (Wildman–Crippen MR) is 120 cm³/mol. The van der Waals surface area contributed by atoms with Crippen molar-refractivity contribution in [1.82, 2.24) is 10.6 Å². The van der Waals surface area contributed by atoms with E-state index < -0.39 is 0 Å². The van der Waals surface area contributed by atoms with Crippen molar-refractivity contribution in [3.8, 4) is 0 Å². The molecule has 2 rings (SSSR count). The second-order valence-corrected chi connectivity index (χ2v) is 6.22. The van der Waals surface area contributed by atoms with E-state index in [1.54, 1.807) is 19.2 Å². The lowest BCUT2D eigenvalue weighted by Crippen LogP contribution is -2.42. The Hall–Kier alpha value is -1.51. The molecule has 140 valence electrons. The lowest BCUT2D eigenvalue weighted by atomic mass is 10.1. The van der Waals surface area contributed by atoms with Crippen LogP contribution in [0.5, 0.6) is 0 Å². The molecule has 0 saturated heterocycles. The zero-order valence-corrected chi connectivity index (χ0v) is 18.3. The zero-order valence-electron chi connectivity index (χ0n) is 14.4. The number of para-hydroxylation sites is 1. The summed E-state index contributed by atoms with van der Waals surface area (Å²) in [6.45, 7) is 2.04. The van der Waals surface area contributed by atoms with Gasteiger partial charge in [0.1, 0.15) is 0 Å². The summed E-state index contributed by atoms with van der Waals surface area (Å²) in [4.78, 5) is 16.1. The van der Waals surface area contributed by atoms with Crippen LogP contribution < -0.4 is 16.0 Å². The third-order valence-electron chi connectivity index (χ3n) is 3.48. The van der Waals surface area contributed by atoms with Gasteiger partial charge in [-0.2, -0.15) is 0 Å². The number of hydrogen-bond acceptors (Lipinski definition) is 2. The molecule has 0 aliphatic heterocycles. The predicted octanol–water partition coefficient (Wildman–Crippen LogP) is 4.48. The van der Waals surface area contributed by atoms with Crippen LogP contribution in [0.3, 0.4) is 0 Å². The van der Waals surface area contributed by atoms with Crippen LogP contribution in [0.15, 0.2) is 53.5 Å². The van der Waals surface area contributed by atoms with Crippen molar-refractivity contribution in [3.05, 3.63) is 64.1 Å². The largest absolute Gasteiger partial charge is 0.350 e. The highest BCUT2D eigenvalue weighted by Gasteiger charge is 2.12. The van der Waals surface area contributed by atoms with E-state index in [0.717, 1.165) is 11.3 Å². The SMILES string of the molecule is CN=C(NCC(=O)Nc1ccccc1)NC(C)c1ccc(Cl)cc1Cl.I. The first-order valence-electron chi connectivity index (χ1n) is 7.76. The highest BCUT2D eigenvalue weighted by Crippen LogP contribution is 2.25. The van der Waals surface area contributed by atoms with Crippen molar-refractivity contribution in [2.75, 3.05) is 18.9 Å². The molecule has 0 spiro atoms. The molecule has 0 saturated carbocycles. The van der Waals surface area contributed by atoms with E-state index in [4.69, 9.17) is 23.2 Å². The highest BCUT2D eigenvalue weighted by molar-refractivity contribution is 14.0. The molecule has 0 aromatic heterocycles. The number of rotatable bonds is 5. The standard InChI is InChI=1S/C18H20Cl2N4O.HI/c1-12(15-9-8-13(19)10-16(15)20)23-18(21-2)22-11-17(25)24-14-6-4-3-5-7-14;/h3-10,12H,11H2,1-2H3,(H,24,25)(H2,21,22,23);1H. The van der Waals surface area contributed by atoms with Crippen molar-refractivity contribution in [1.29, 1.82) is 0 Å². The van der Waals surface area contributed by atoms with Crippen LogP contribution in [0.4, 0.5) is 5.69 Å². The van der Waals surface area contributed by atoms with Crippen molar-refractivity contribution >= 4 is 64.7 Å². The number of nitrogens with one attached hydrogen (secondary N) is 3. The normalized spacial score (nSPS) is 11.9. The van der Waals surface area contributed by atoms with Gasteiger partial charge >= 0.3 is 0 Å². The Labute approximate surface area is 180 Å². The third kappa shape index (κ3) is 7.01. The number of halogens is 3. The molecule has 2 aromatic carbocycles. The molecule has 0 aliphatic carbocycles. The van der Waals surface area contributed by atoms with Crippen LogP contribution in [-0.4, -0.2) is 25.5 Å². The quantitative estimate of drug-likeness (QED) is 0.318. The van der Waals surface area contributed by atoms with E-state index in [9.17, 15) is 4.79 Å². The van der Waals surface area contributed by atoms with Crippen LogP contribution in [0.2, 0.25) is 10.0 Å². The Bertz CT molecular complexity index is 756. The van der Waals surface area contributed by atoms with E-state index in [-0.39, 0.29) is 42.5 Å². The minimum Gasteiger partial charge on any atom is -0.350 e. The van der Waals surface area contributed by atoms with Gasteiger partial charge in [0, 0.05) is 22.8 Å². The number of amides is 1. The van der Waals surface area contributed by atoms with Crippen molar-refractivity contribution < 1.29 is 4.79 Å². The summed E-state index contributed by atoms with van der Waals surface area (Å²) in [6.07, 6.45) is 0. The fraction of sp³-hybridized carbons (Fsp3) is 0.222. The maximum absolute atomic E-state index is 12.0. The number of benzene rings is 2. The Morgan fingerprint density at radius 3 is 2.46 bits per heavy atom. The number of carbonyl (C=O) groups is 1. The number of hydrogen-bond donors (Lipinski definition) is 3. The molecule has 1 atom stereocenters. The first kappa shape index (κ1) is 22.5. The van der Waals surface area contributed by atoms with Gasteiger partial charge in [0.25, 0.3) is 0 Å². The molecule has 0 radical (unpaired) electrons. The number of anilines is 1. The van der Waals surface area contributed by atoms with E-state index in [1.807, 2.05) is 43.3 Å². The molecule has 0 aliphatic rings. The Kier molecular flexibility index (Phi) is 9.75. The van der Waals surface area contributed by atoms with Gasteiger partial charge in [-0.15, -0.1) is 24.0 Å². The van der Waals surface area contributed by atoms with E-state index >= 15 is 0 Å². The average Bonchev–Trinajstić information content (AvgIpc) is 2.59. The summed E-state index contributed by atoms with van der Waals surface area (Å²) in [5.41, 5.74) is 1.64. The van der Waals surface area contributed by atoms with Crippen LogP contribution in [0.1, 0.15) is 18.5 Å². The smallest absolute Gasteiger partial charge is 0.243 e. The fourth-order valence-electron chi connectivity index (χ4n) is 2.22. The maximum atomic E-state index is 12.0. The van der Waals surface area contributed by atoms with Crippen LogP contribution in [0.25, 0.3) is 0 Å². The summed E-state index contributed by atoms with van der Waals surface area (Å²) >= 11 is 12.1. The first-order chi connectivity index (χ1) is 12.0. The minimum atomic E-state index is -0.161. The van der Waals surface area contributed by atoms with Crippen LogP contribution >= 0.6 is 47.2 Å². The minimum absolute atomic E-state index is 0. The van der Waals surface area contributed by atoms with Gasteiger partial charge in [0.2, 0.25) is 5.91 Å². The molecular weight excluding hydrogens is 486 g/mol. The fourth-order valence-corrected chi connectivity index (χ4v) is 2.79. The molecule has 1 unspecified atom stereocenters. The summed E-state index contributed by atoms with van der Waals surface area (Å²) in [5.74, 6) is 0.341. The number of guanidine groups is 1. The van der Waals surface area contributed by atoms with Gasteiger partial charge in [-0.05, 0) is 36.8 Å². The third-order valence-corrected chi connectivity index (χ3v) is 4.04. The molecule has 1 amide bonds. The van der Waals surface area contributed by atoms with Gasteiger partial charge in [-0.25, -0.2) is 0 Å². The molecule has 0 fully saturated rings. The van der Waals surface area contributed by atoms with Gasteiger partial charge in [-0.1, -0.05) is 47.5 Å². The summed E-state index contributed by atoms with van der Waals surface area (Å²) < 4.78 is 0. The molecule has 8 heteroatoms. The zero-order chi connectivity index (χ0) is 18.2. The Morgan fingerprint density at radius 2 is 1.85 bits per heavy atom. The first-order valence-corrected chi connectivity index (χ1v) is 8.52. The number of carbonyl (C=O) groups excluding carboxylic acids is 1. The molecule has 0 heterocycles. The lowest BCUT2D eigenvalue weighted by Gasteiger charge is -2.19. The van der Waals surface area contributed by atoms with Crippen LogP contribution in [-0.2, 0) is 4.79 Å².